The molecule has 1 fully saturated rings. The van der Waals surface area contributed by atoms with Crippen molar-refractivity contribution in [3.05, 3.63) is 42.4 Å². The lowest BCUT2D eigenvalue weighted by atomic mass is 9.92. The van der Waals surface area contributed by atoms with Crippen LogP contribution in [-0.2, 0) is 11.3 Å². The Labute approximate surface area is 128 Å². The van der Waals surface area contributed by atoms with Gasteiger partial charge in [-0.25, -0.2) is 4.98 Å². The van der Waals surface area contributed by atoms with Crippen LogP contribution >= 0.6 is 0 Å². The molecule has 0 radical (unpaired) electrons. The Balaban J connectivity index is 1.69. The minimum Gasteiger partial charge on any atom is -0.439 e. The first-order chi connectivity index (χ1) is 10.6. The van der Waals surface area contributed by atoms with Gasteiger partial charge in [-0.2, -0.15) is 0 Å². The van der Waals surface area contributed by atoms with E-state index in [1.165, 1.54) is 0 Å². The number of likely N-dealkylation sites (tertiary alicyclic amines) is 1. The van der Waals surface area contributed by atoms with Crippen LogP contribution in [0.5, 0.6) is 0 Å². The van der Waals surface area contributed by atoms with Gasteiger partial charge in [0.2, 0.25) is 5.89 Å². The van der Waals surface area contributed by atoms with E-state index in [0.29, 0.717) is 31.0 Å². The van der Waals surface area contributed by atoms with Crippen molar-refractivity contribution in [3.63, 3.8) is 0 Å². The highest BCUT2D eigenvalue weighted by Crippen LogP contribution is 2.24. The van der Waals surface area contributed by atoms with E-state index in [4.69, 9.17) is 10.2 Å². The molecular weight excluding hydrogens is 282 g/mol. The number of piperidine rings is 1. The van der Waals surface area contributed by atoms with E-state index < -0.39 is 11.5 Å². The van der Waals surface area contributed by atoms with E-state index in [1.807, 2.05) is 35.2 Å². The molecule has 0 spiro atoms. The summed E-state index contributed by atoms with van der Waals surface area (Å²) >= 11 is 0. The van der Waals surface area contributed by atoms with E-state index in [2.05, 4.69) is 4.98 Å². The summed E-state index contributed by atoms with van der Waals surface area (Å²) in [7, 11) is 0. The fraction of sp³-hybridized carbons (Fsp3) is 0.375. The molecular formula is C16H19N3O3. The summed E-state index contributed by atoms with van der Waals surface area (Å²) < 4.78 is 5.75. The third-order valence-corrected chi connectivity index (χ3v) is 3.98. The van der Waals surface area contributed by atoms with Crippen molar-refractivity contribution in [3.8, 4) is 11.3 Å². The number of nitrogens with two attached hydrogens (primary N) is 1. The highest BCUT2D eigenvalue weighted by atomic mass is 16.4. The second kappa shape index (κ2) is 5.90. The van der Waals surface area contributed by atoms with Crippen molar-refractivity contribution in [2.24, 2.45) is 5.73 Å². The molecule has 6 nitrogen and oxygen atoms in total. The summed E-state index contributed by atoms with van der Waals surface area (Å²) in [4.78, 5) is 17.6. The van der Waals surface area contributed by atoms with Gasteiger partial charge in [0.15, 0.2) is 11.4 Å². The minimum atomic E-state index is -1.45. The van der Waals surface area contributed by atoms with Gasteiger partial charge in [0.25, 0.3) is 5.91 Å². The number of aromatic nitrogens is 1. The van der Waals surface area contributed by atoms with Crippen molar-refractivity contribution < 1.29 is 14.3 Å². The molecule has 1 aliphatic rings. The maximum Gasteiger partial charge on any atom is 0.250 e. The van der Waals surface area contributed by atoms with Crippen LogP contribution in [0, 0.1) is 0 Å². The maximum atomic E-state index is 11.4. The summed E-state index contributed by atoms with van der Waals surface area (Å²) in [6, 6.07) is 9.73. The van der Waals surface area contributed by atoms with Crippen molar-refractivity contribution in [1.29, 1.82) is 0 Å². The molecule has 1 aromatic heterocycles. The van der Waals surface area contributed by atoms with E-state index in [9.17, 15) is 9.90 Å². The Morgan fingerprint density at radius 1 is 1.41 bits per heavy atom. The molecule has 1 aliphatic heterocycles. The summed E-state index contributed by atoms with van der Waals surface area (Å²) in [5, 5.41) is 10.2. The first-order valence-electron chi connectivity index (χ1n) is 7.32. The van der Waals surface area contributed by atoms with Crippen LogP contribution in [0.4, 0.5) is 0 Å². The summed E-state index contributed by atoms with van der Waals surface area (Å²) in [5.41, 5.74) is 4.80. The molecule has 22 heavy (non-hydrogen) atoms. The largest absolute Gasteiger partial charge is 0.439 e. The summed E-state index contributed by atoms with van der Waals surface area (Å²) in [6.45, 7) is 1.44. The number of rotatable bonds is 4. The third-order valence-electron chi connectivity index (χ3n) is 3.98. The first-order valence-corrected chi connectivity index (χ1v) is 7.32. The molecule has 1 aromatic carbocycles. The number of carbonyl (C=O) groups excluding carboxylic acids is 1. The van der Waals surface area contributed by atoms with Crippen molar-refractivity contribution >= 4 is 5.91 Å². The summed E-state index contributed by atoms with van der Waals surface area (Å²) in [5.74, 6) is 0.597. The molecule has 3 rings (SSSR count). The Hall–Kier alpha value is -2.18. The van der Waals surface area contributed by atoms with Crippen molar-refractivity contribution in [2.45, 2.75) is 25.0 Å². The Kier molecular flexibility index (Phi) is 3.96. The molecule has 0 unspecified atom stereocenters. The van der Waals surface area contributed by atoms with Crippen LogP contribution in [0.2, 0.25) is 0 Å². The SMILES string of the molecule is NC(=O)[C@@]1(O)CCCN(Cc2ncc(-c3ccccc3)o2)C1. The topological polar surface area (TPSA) is 92.6 Å². The molecule has 1 amide bonds. The van der Waals surface area contributed by atoms with E-state index in [0.717, 1.165) is 12.1 Å². The van der Waals surface area contributed by atoms with Gasteiger partial charge in [0, 0.05) is 12.1 Å². The molecule has 2 heterocycles. The molecule has 1 saturated heterocycles. The number of β-amino-alcohol motifs (C(OH)–C–C–N with tert-alkyl or cyclic N) is 1. The van der Waals surface area contributed by atoms with Gasteiger partial charge in [-0.15, -0.1) is 0 Å². The van der Waals surface area contributed by atoms with Crippen LogP contribution in [0.15, 0.2) is 40.9 Å². The number of carbonyl (C=O) groups is 1. The normalized spacial score (nSPS) is 22.6. The Bertz CT molecular complexity index is 656. The molecule has 116 valence electrons. The van der Waals surface area contributed by atoms with Gasteiger partial charge in [-0.1, -0.05) is 30.3 Å². The van der Waals surface area contributed by atoms with Crippen molar-refractivity contribution in [2.75, 3.05) is 13.1 Å². The number of aliphatic hydroxyl groups is 1. The van der Waals surface area contributed by atoms with E-state index in [1.54, 1.807) is 6.20 Å². The van der Waals surface area contributed by atoms with E-state index >= 15 is 0 Å². The fourth-order valence-corrected chi connectivity index (χ4v) is 2.77. The number of primary amides is 1. The van der Waals surface area contributed by atoms with Gasteiger partial charge in [-0.3, -0.25) is 9.69 Å². The Morgan fingerprint density at radius 3 is 2.91 bits per heavy atom. The highest BCUT2D eigenvalue weighted by molar-refractivity contribution is 5.83. The van der Waals surface area contributed by atoms with Crippen LogP contribution in [0.25, 0.3) is 11.3 Å². The number of oxazole rings is 1. The molecule has 1 atom stereocenters. The highest BCUT2D eigenvalue weighted by Gasteiger charge is 2.38. The molecule has 0 saturated carbocycles. The number of nitrogens with zero attached hydrogens (tertiary/aromatic N) is 2. The van der Waals surface area contributed by atoms with Gasteiger partial charge >= 0.3 is 0 Å². The monoisotopic (exact) mass is 301 g/mol. The van der Waals surface area contributed by atoms with E-state index in [-0.39, 0.29) is 6.54 Å². The van der Waals surface area contributed by atoms with Crippen LogP contribution in [0.1, 0.15) is 18.7 Å². The zero-order valence-electron chi connectivity index (χ0n) is 12.2. The molecule has 0 bridgehead atoms. The molecule has 3 N–H and O–H groups in total. The number of benzene rings is 1. The summed E-state index contributed by atoms with van der Waals surface area (Å²) in [6.07, 6.45) is 2.81. The lowest BCUT2D eigenvalue weighted by Crippen LogP contribution is -2.55. The quantitative estimate of drug-likeness (QED) is 0.884. The predicted molar refractivity (Wildman–Crippen MR) is 80.6 cm³/mol. The van der Waals surface area contributed by atoms with Gasteiger partial charge in [0.1, 0.15) is 0 Å². The molecule has 6 heteroatoms. The van der Waals surface area contributed by atoms with Crippen LogP contribution in [-0.4, -0.2) is 39.6 Å². The maximum absolute atomic E-state index is 11.4. The molecule has 2 aromatic rings. The number of hydrogen-bond donors (Lipinski definition) is 2. The second-order valence-corrected chi connectivity index (χ2v) is 5.69. The fourth-order valence-electron chi connectivity index (χ4n) is 2.77. The van der Waals surface area contributed by atoms with Gasteiger partial charge in [0.05, 0.1) is 12.7 Å². The predicted octanol–water partition coefficient (Wildman–Crippen LogP) is 1.15. The third kappa shape index (κ3) is 3.03. The van der Waals surface area contributed by atoms with Crippen molar-refractivity contribution in [1.82, 2.24) is 9.88 Å². The second-order valence-electron chi connectivity index (χ2n) is 5.69. The standard InChI is InChI=1S/C16H19N3O3/c17-15(20)16(21)7-4-8-19(11-16)10-14-18-9-13(22-14)12-5-2-1-3-6-12/h1-3,5-6,9,21H,4,7-8,10-11H2,(H2,17,20)/t16-/m1/s1. The smallest absolute Gasteiger partial charge is 0.250 e. The zero-order valence-corrected chi connectivity index (χ0v) is 12.2. The van der Waals surface area contributed by atoms with Gasteiger partial charge < -0.3 is 15.3 Å². The molecule has 0 aliphatic carbocycles. The first kappa shape index (κ1) is 14.7. The average molecular weight is 301 g/mol. The van der Waals surface area contributed by atoms with Gasteiger partial charge in [-0.05, 0) is 19.4 Å². The zero-order chi connectivity index (χ0) is 15.6. The Morgan fingerprint density at radius 2 is 2.18 bits per heavy atom. The minimum absolute atomic E-state index is 0.214. The van der Waals surface area contributed by atoms with Crippen LogP contribution in [0.3, 0.4) is 0 Å². The number of amides is 1. The number of hydrogen-bond acceptors (Lipinski definition) is 5. The van der Waals surface area contributed by atoms with Crippen LogP contribution < -0.4 is 5.73 Å². The lowest BCUT2D eigenvalue weighted by Gasteiger charge is -2.36. The average Bonchev–Trinajstić information content (AvgIpc) is 2.97. The lowest BCUT2D eigenvalue weighted by molar-refractivity contribution is -0.142.